The lowest BCUT2D eigenvalue weighted by Crippen LogP contribution is -2.16. The van der Waals surface area contributed by atoms with E-state index in [1.165, 1.54) is 0 Å². The summed E-state index contributed by atoms with van der Waals surface area (Å²) in [7, 11) is -3.08. The maximum atomic E-state index is 11.8. The van der Waals surface area contributed by atoms with Gasteiger partial charge in [-0.25, -0.2) is 9.32 Å². The van der Waals surface area contributed by atoms with Crippen molar-refractivity contribution in [3.63, 3.8) is 0 Å². The third kappa shape index (κ3) is 7.95. The number of rotatable bonds is 12. The van der Waals surface area contributed by atoms with Crippen LogP contribution in [0.5, 0.6) is 0 Å². The van der Waals surface area contributed by atoms with Crippen LogP contribution >= 0.6 is 8.17 Å². The minimum Gasteiger partial charge on any atom is -0.241 e. The molecule has 0 unspecified atom stereocenters. The Labute approximate surface area is 123 Å². The standard InChI is InChI=1S/C14H28O5P/c1-6-9-11-17-20(16-8-3,18-12-10-7-2)19-14(15)13(4)5/h4,6-12H2,1-3,5H3/q+1. The first-order chi connectivity index (χ1) is 9.51. The van der Waals surface area contributed by atoms with E-state index in [2.05, 4.69) is 20.4 Å². The second-order valence-corrected chi connectivity index (χ2v) is 6.25. The van der Waals surface area contributed by atoms with Crippen molar-refractivity contribution in [1.29, 1.82) is 0 Å². The van der Waals surface area contributed by atoms with Crippen molar-refractivity contribution >= 4 is 14.1 Å². The fourth-order valence-corrected chi connectivity index (χ4v) is 2.93. The smallest absolute Gasteiger partial charge is 0.241 e. The van der Waals surface area contributed by atoms with Gasteiger partial charge in [0, 0.05) is 5.57 Å². The third-order valence-corrected chi connectivity index (χ3v) is 4.29. The minimum absolute atomic E-state index is 0.298. The zero-order valence-corrected chi connectivity index (χ0v) is 14.0. The highest BCUT2D eigenvalue weighted by Crippen LogP contribution is 2.63. The highest BCUT2D eigenvalue weighted by atomic mass is 31.2. The van der Waals surface area contributed by atoms with Crippen LogP contribution in [0, 0.1) is 0 Å². The van der Waals surface area contributed by atoms with E-state index in [9.17, 15) is 4.79 Å². The van der Waals surface area contributed by atoms with Gasteiger partial charge in [0.05, 0.1) is 6.61 Å². The summed E-state index contributed by atoms with van der Waals surface area (Å²) in [6.45, 7) is 12.3. The molecular weight excluding hydrogens is 279 g/mol. The van der Waals surface area contributed by atoms with Crippen molar-refractivity contribution in [1.82, 2.24) is 0 Å². The van der Waals surface area contributed by atoms with E-state index in [0.717, 1.165) is 25.7 Å². The monoisotopic (exact) mass is 307 g/mol. The van der Waals surface area contributed by atoms with Crippen LogP contribution in [0.15, 0.2) is 12.2 Å². The largest absolute Gasteiger partial charge is 0.625 e. The summed E-state index contributed by atoms with van der Waals surface area (Å²) in [4.78, 5) is 11.8. The molecule has 0 aliphatic carbocycles. The normalized spacial score (nSPS) is 11.4. The van der Waals surface area contributed by atoms with Gasteiger partial charge in [-0.2, -0.15) is 0 Å². The fraction of sp³-hybridized carbons (Fsp3) is 0.786. The van der Waals surface area contributed by atoms with Crippen LogP contribution in [0.2, 0.25) is 0 Å². The van der Waals surface area contributed by atoms with Gasteiger partial charge in [-0.05, 0) is 26.7 Å². The molecule has 0 rings (SSSR count). The molecule has 6 heteroatoms. The zero-order valence-electron chi connectivity index (χ0n) is 13.1. The predicted molar refractivity (Wildman–Crippen MR) is 81.2 cm³/mol. The van der Waals surface area contributed by atoms with E-state index >= 15 is 0 Å². The van der Waals surface area contributed by atoms with Crippen LogP contribution in [0.3, 0.4) is 0 Å². The summed E-state index contributed by atoms with van der Waals surface area (Å²) in [5, 5.41) is 0. The van der Waals surface area contributed by atoms with Crippen molar-refractivity contribution < 1.29 is 22.9 Å². The molecule has 0 bridgehead atoms. The molecular formula is C14H28O5P+. The second kappa shape index (κ2) is 11.2. The number of hydrogen-bond acceptors (Lipinski definition) is 5. The van der Waals surface area contributed by atoms with E-state index in [4.69, 9.17) is 18.1 Å². The Morgan fingerprint density at radius 2 is 1.50 bits per heavy atom. The van der Waals surface area contributed by atoms with Crippen molar-refractivity contribution in [2.24, 2.45) is 0 Å². The third-order valence-electron chi connectivity index (χ3n) is 2.32. The summed E-state index contributed by atoms with van der Waals surface area (Å²) >= 11 is 0. The highest BCUT2D eigenvalue weighted by Gasteiger charge is 2.52. The summed E-state index contributed by atoms with van der Waals surface area (Å²) < 4.78 is 22.2. The molecule has 0 spiro atoms. The van der Waals surface area contributed by atoms with Crippen molar-refractivity contribution in [2.75, 3.05) is 19.8 Å². The predicted octanol–water partition coefficient (Wildman–Crippen LogP) is 4.45. The Balaban J connectivity index is 4.78. The average molecular weight is 307 g/mol. The highest BCUT2D eigenvalue weighted by molar-refractivity contribution is 7.57. The molecule has 118 valence electrons. The van der Waals surface area contributed by atoms with Gasteiger partial charge in [-0.1, -0.05) is 33.3 Å². The van der Waals surface area contributed by atoms with Gasteiger partial charge in [0.25, 0.3) is 0 Å². The quantitative estimate of drug-likeness (QED) is 0.303. The van der Waals surface area contributed by atoms with Gasteiger partial charge in [0.15, 0.2) is 0 Å². The van der Waals surface area contributed by atoms with Gasteiger partial charge < -0.3 is 0 Å². The molecule has 5 nitrogen and oxygen atoms in total. The molecule has 0 aromatic rings. The molecule has 0 saturated heterocycles. The van der Waals surface area contributed by atoms with Crippen LogP contribution in [0.1, 0.15) is 53.4 Å². The van der Waals surface area contributed by atoms with Crippen molar-refractivity contribution in [3.8, 4) is 0 Å². The summed E-state index contributed by atoms with van der Waals surface area (Å²) in [5.74, 6) is -0.542. The molecule has 0 aliphatic heterocycles. The first-order valence-electron chi connectivity index (χ1n) is 7.23. The summed E-state index contributed by atoms with van der Waals surface area (Å²) in [6, 6.07) is 0. The molecule has 0 saturated carbocycles. The van der Waals surface area contributed by atoms with E-state index in [0.29, 0.717) is 25.4 Å². The number of unbranched alkanes of at least 4 members (excludes halogenated alkanes) is 2. The lowest BCUT2D eigenvalue weighted by molar-refractivity contribution is -0.133. The van der Waals surface area contributed by atoms with Crippen LogP contribution in [-0.4, -0.2) is 25.8 Å². The van der Waals surface area contributed by atoms with Crippen molar-refractivity contribution in [3.05, 3.63) is 12.2 Å². The number of carbonyl (C=O) groups excluding carboxylic acids is 1. The molecule has 0 radical (unpaired) electrons. The number of hydrogen-bond donors (Lipinski definition) is 0. The molecule has 0 heterocycles. The number of carbonyl (C=O) groups is 1. The van der Waals surface area contributed by atoms with Gasteiger partial charge in [-0.15, -0.1) is 13.6 Å². The van der Waals surface area contributed by atoms with Crippen LogP contribution < -0.4 is 0 Å². The minimum atomic E-state index is -3.08. The van der Waals surface area contributed by atoms with Crippen LogP contribution in [0.4, 0.5) is 0 Å². The first-order valence-corrected chi connectivity index (χ1v) is 8.69. The summed E-state index contributed by atoms with van der Waals surface area (Å²) in [6.07, 6.45) is 3.68. The van der Waals surface area contributed by atoms with Crippen LogP contribution in [0.25, 0.3) is 0 Å². The van der Waals surface area contributed by atoms with E-state index in [1.54, 1.807) is 6.92 Å². The maximum absolute atomic E-state index is 11.8. The summed E-state index contributed by atoms with van der Waals surface area (Å²) in [5.41, 5.74) is 0.298. The molecule has 20 heavy (non-hydrogen) atoms. The average Bonchev–Trinajstić information content (AvgIpc) is 2.39. The van der Waals surface area contributed by atoms with Crippen molar-refractivity contribution in [2.45, 2.75) is 53.4 Å². The SMILES string of the molecule is C=C(C)C(=O)O[P+](OCC)(OCCCC)OCCCC. The van der Waals surface area contributed by atoms with E-state index < -0.39 is 14.1 Å². The van der Waals surface area contributed by atoms with Gasteiger partial charge in [0.2, 0.25) is 0 Å². The van der Waals surface area contributed by atoms with Gasteiger partial charge in [-0.3, -0.25) is 0 Å². The zero-order chi connectivity index (χ0) is 15.4. The topological polar surface area (TPSA) is 54.0 Å². The van der Waals surface area contributed by atoms with Gasteiger partial charge >= 0.3 is 14.1 Å². The van der Waals surface area contributed by atoms with E-state index in [-0.39, 0.29) is 0 Å². The fourth-order valence-electron chi connectivity index (χ4n) is 1.17. The first kappa shape index (κ1) is 19.5. The maximum Gasteiger partial charge on any atom is 0.625 e. The Kier molecular flexibility index (Phi) is 10.9. The molecule has 0 aromatic heterocycles. The van der Waals surface area contributed by atoms with Crippen LogP contribution in [-0.2, 0) is 22.9 Å². The van der Waals surface area contributed by atoms with E-state index in [1.807, 2.05) is 6.92 Å². The second-order valence-electron chi connectivity index (χ2n) is 4.40. The Bertz CT molecular complexity index is 283. The lowest BCUT2D eigenvalue weighted by Gasteiger charge is -2.18. The molecule has 0 aromatic carbocycles. The molecule has 0 N–H and O–H groups in total. The molecule has 0 fully saturated rings. The molecule has 0 amide bonds. The molecule has 0 aliphatic rings. The van der Waals surface area contributed by atoms with Gasteiger partial charge in [0.1, 0.15) is 13.2 Å². The lowest BCUT2D eigenvalue weighted by atomic mass is 10.4. The Morgan fingerprint density at radius 3 is 1.85 bits per heavy atom. The molecule has 0 atom stereocenters. The Hall–Kier alpha value is -0.480. The Morgan fingerprint density at radius 1 is 1.00 bits per heavy atom.